The lowest BCUT2D eigenvalue weighted by Gasteiger charge is -2.13. The van der Waals surface area contributed by atoms with Crippen LogP contribution in [0, 0.1) is 24.2 Å². The van der Waals surface area contributed by atoms with Gasteiger partial charge < -0.3 is 0 Å². The molecular weight excluding hydrogens is 166 g/mol. The topological polar surface area (TPSA) is 38.3 Å². The predicted molar refractivity (Wildman–Crippen MR) is 49.4 cm³/mol. The van der Waals surface area contributed by atoms with Crippen LogP contribution in [0.15, 0.2) is 0 Å². The summed E-state index contributed by atoms with van der Waals surface area (Å²) in [6.45, 7) is 2.23. The maximum Gasteiger partial charge on any atom is 0.246 e. The van der Waals surface area contributed by atoms with Crippen LogP contribution in [0.2, 0.25) is 0 Å². The summed E-state index contributed by atoms with van der Waals surface area (Å²) in [4.78, 5) is 16.2. The van der Waals surface area contributed by atoms with Crippen LogP contribution >= 0.6 is 0 Å². The van der Waals surface area contributed by atoms with Gasteiger partial charge in [0.1, 0.15) is 6.61 Å². The molecule has 1 saturated carbocycles. The normalized spacial score (nSPS) is 26.8. The first-order valence-corrected chi connectivity index (χ1v) is 4.61. The Labute approximate surface area is 78.8 Å². The summed E-state index contributed by atoms with van der Waals surface area (Å²) in [7, 11) is 0. The molecule has 1 amide bonds. The van der Waals surface area contributed by atoms with E-state index in [2.05, 4.69) is 18.3 Å². The Balaban J connectivity index is 2.27. The molecule has 0 radical (unpaired) electrons. The summed E-state index contributed by atoms with van der Waals surface area (Å²) >= 11 is 0. The van der Waals surface area contributed by atoms with Crippen molar-refractivity contribution in [2.75, 3.05) is 6.61 Å². The molecule has 0 heterocycles. The fourth-order valence-corrected chi connectivity index (χ4v) is 1.76. The molecule has 0 aromatic rings. The molecule has 0 spiro atoms. The highest BCUT2D eigenvalue weighted by Gasteiger charge is 2.29. The van der Waals surface area contributed by atoms with Crippen molar-refractivity contribution in [3.05, 3.63) is 0 Å². The van der Waals surface area contributed by atoms with E-state index in [0.717, 1.165) is 19.3 Å². The second-order valence-corrected chi connectivity index (χ2v) is 3.47. The molecule has 3 heteroatoms. The molecular formula is C10H15NO2. The first-order valence-electron chi connectivity index (χ1n) is 4.61. The highest BCUT2D eigenvalue weighted by atomic mass is 16.6. The number of nitrogens with one attached hydrogen (secondary N) is 1. The quantitative estimate of drug-likeness (QED) is 0.402. The maximum atomic E-state index is 11.4. The molecule has 1 aliphatic carbocycles. The summed E-state index contributed by atoms with van der Waals surface area (Å²) < 4.78 is 0. The van der Waals surface area contributed by atoms with Crippen molar-refractivity contribution in [1.29, 1.82) is 0 Å². The lowest BCUT2D eigenvalue weighted by molar-refractivity contribution is -0.137. The van der Waals surface area contributed by atoms with Crippen molar-refractivity contribution < 1.29 is 9.63 Å². The monoisotopic (exact) mass is 181 g/mol. The molecule has 1 fully saturated rings. The van der Waals surface area contributed by atoms with Crippen LogP contribution in [0.5, 0.6) is 0 Å². The zero-order valence-electron chi connectivity index (χ0n) is 7.88. The van der Waals surface area contributed by atoms with Crippen LogP contribution in [0.4, 0.5) is 0 Å². The Kier molecular flexibility index (Phi) is 3.78. The van der Waals surface area contributed by atoms with Gasteiger partial charge >= 0.3 is 0 Å². The summed E-state index contributed by atoms with van der Waals surface area (Å²) in [5.41, 5.74) is 2.37. The Bertz CT molecular complexity index is 219. The van der Waals surface area contributed by atoms with Crippen LogP contribution in [-0.2, 0) is 9.63 Å². The molecule has 0 saturated heterocycles. The molecule has 13 heavy (non-hydrogen) atoms. The number of terminal acetylenes is 1. The molecule has 0 aromatic carbocycles. The molecule has 2 unspecified atom stereocenters. The lowest BCUT2D eigenvalue weighted by Crippen LogP contribution is -2.32. The Morgan fingerprint density at radius 2 is 2.46 bits per heavy atom. The zero-order valence-corrected chi connectivity index (χ0v) is 7.88. The lowest BCUT2D eigenvalue weighted by atomic mass is 9.98. The van der Waals surface area contributed by atoms with Crippen molar-refractivity contribution in [2.24, 2.45) is 11.8 Å². The molecule has 72 valence electrons. The van der Waals surface area contributed by atoms with Gasteiger partial charge in [-0.15, -0.1) is 6.42 Å². The van der Waals surface area contributed by atoms with Gasteiger partial charge in [0, 0.05) is 5.92 Å². The van der Waals surface area contributed by atoms with Gasteiger partial charge in [0.15, 0.2) is 0 Å². The van der Waals surface area contributed by atoms with Crippen molar-refractivity contribution >= 4 is 5.91 Å². The molecule has 1 aliphatic rings. The van der Waals surface area contributed by atoms with Crippen LogP contribution in [0.25, 0.3) is 0 Å². The summed E-state index contributed by atoms with van der Waals surface area (Å²) in [5, 5.41) is 0. The van der Waals surface area contributed by atoms with E-state index in [-0.39, 0.29) is 18.4 Å². The van der Waals surface area contributed by atoms with E-state index in [1.807, 2.05) is 0 Å². The summed E-state index contributed by atoms with van der Waals surface area (Å²) in [5.74, 6) is 2.84. The average molecular weight is 181 g/mol. The zero-order chi connectivity index (χ0) is 9.68. The number of hydrogen-bond acceptors (Lipinski definition) is 2. The van der Waals surface area contributed by atoms with Crippen LogP contribution in [0.1, 0.15) is 26.2 Å². The average Bonchev–Trinajstić information content (AvgIpc) is 2.52. The molecule has 3 nitrogen and oxygen atoms in total. The minimum Gasteiger partial charge on any atom is -0.272 e. The SMILES string of the molecule is C#CCONC(=O)C1CCCC1C. The van der Waals surface area contributed by atoms with Gasteiger partial charge in [-0.2, -0.15) is 0 Å². The number of carbonyl (C=O) groups excluding carboxylic acids is 1. The number of amides is 1. The summed E-state index contributed by atoms with van der Waals surface area (Å²) in [6, 6.07) is 0. The number of hydroxylamine groups is 1. The molecule has 0 bridgehead atoms. The molecule has 0 aromatic heterocycles. The number of rotatable bonds is 3. The fraction of sp³-hybridized carbons (Fsp3) is 0.700. The molecule has 0 aliphatic heterocycles. The second kappa shape index (κ2) is 4.88. The minimum atomic E-state index is -0.0275. The van der Waals surface area contributed by atoms with E-state index in [9.17, 15) is 4.79 Å². The van der Waals surface area contributed by atoms with Gasteiger partial charge in [0.2, 0.25) is 5.91 Å². The predicted octanol–water partition coefficient (Wildman–Crippen LogP) is 1.10. The minimum absolute atomic E-state index is 0.0275. The number of carbonyl (C=O) groups is 1. The van der Waals surface area contributed by atoms with Crippen LogP contribution in [-0.4, -0.2) is 12.5 Å². The number of hydrogen-bond donors (Lipinski definition) is 1. The van der Waals surface area contributed by atoms with Crippen LogP contribution in [0.3, 0.4) is 0 Å². The highest BCUT2D eigenvalue weighted by Crippen LogP contribution is 2.30. The first kappa shape index (κ1) is 10.1. The highest BCUT2D eigenvalue weighted by molar-refractivity contribution is 5.78. The third-order valence-electron chi connectivity index (χ3n) is 2.53. The van der Waals surface area contributed by atoms with Crippen molar-refractivity contribution in [3.63, 3.8) is 0 Å². The summed E-state index contributed by atoms with van der Waals surface area (Å²) in [6.07, 6.45) is 8.20. The Morgan fingerprint density at radius 3 is 3.00 bits per heavy atom. The van der Waals surface area contributed by atoms with E-state index in [0.29, 0.717) is 5.92 Å². The van der Waals surface area contributed by atoms with E-state index in [4.69, 9.17) is 11.3 Å². The molecule has 2 atom stereocenters. The molecule has 1 N–H and O–H groups in total. The van der Waals surface area contributed by atoms with Gasteiger partial charge in [0.25, 0.3) is 0 Å². The van der Waals surface area contributed by atoms with Gasteiger partial charge in [-0.25, -0.2) is 5.48 Å². The van der Waals surface area contributed by atoms with E-state index in [1.54, 1.807) is 0 Å². The van der Waals surface area contributed by atoms with E-state index in [1.165, 1.54) is 0 Å². The van der Waals surface area contributed by atoms with Gasteiger partial charge in [-0.1, -0.05) is 19.3 Å². The third kappa shape index (κ3) is 2.74. The largest absolute Gasteiger partial charge is 0.272 e. The van der Waals surface area contributed by atoms with Gasteiger partial charge in [-0.3, -0.25) is 9.63 Å². The first-order chi connectivity index (χ1) is 6.25. The Morgan fingerprint density at radius 1 is 1.69 bits per heavy atom. The van der Waals surface area contributed by atoms with Gasteiger partial charge in [-0.05, 0) is 18.8 Å². The van der Waals surface area contributed by atoms with Crippen LogP contribution < -0.4 is 5.48 Å². The Hall–Kier alpha value is -1.01. The van der Waals surface area contributed by atoms with Crippen molar-refractivity contribution in [2.45, 2.75) is 26.2 Å². The molecule has 1 rings (SSSR count). The van der Waals surface area contributed by atoms with Crippen molar-refractivity contribution in [1.82, 2.24) is 5.48 Å². The fourth-order valence-electron chi connectivity index (χ4n) is 1.76. The van der Waals surface area contributed by atoms with Crippen molar-refractivity contribution in [3.8, 4) is 12.3 Å². The van der Waals surface area contributed by atoms with Gasteiger partial charge in [0.05, 0.1) is 0 Å². The smallest absolute Gasteiger partial charge is 0.246 e. The third-order valence-corrected chi connectivity index (χ3v) is 2.53. The standard InChI is InChI=1S/C10H15NO2/c1-3-7-13-11-10(12)9-6-4-5-8(9)2/h1,8-9H,4-7H2,2H3,(H,11,12). The van der Waals surface area contributed by atoms with E-state index >= 15 is 0 Å². The second-order valence-electron chi connectivity index (χ2n) is 3.47. The maximum absolute atomic E-state index is 11.4. The van der Waals surface area contributed by atoms with E-state index < -0.39 is 0 Å².